The second-order valence-corrected chi connectivity index (χ2v) is 5.82. The molecule has 0 aliphatic rings. The Labute approximate surface area is 149 Å². The average molecular weight is 372 g/mol. The molecule has 7 heteroatoms. The van der Waals surface area contributed by atoms with Gasteiger partial charge in [0.25, 0.3) is 0 Å². The summed E-state index contributed by atoms with van der Waals surface area (Å²) in [5.41, 5.74) is 3.82. The fourth-order valence-corrected chi connectivity index (χ4v) is 2.29. The van der Waals surface area contributed by atoms with Crippen LogP contribution in [0, 0.1) is 0 Å². The lowest BCUT2D eigenvalue weighted by molar-refractivity contribution is -0.120. The van der Waals surface area contributed by atoms with Gasteiger partial charge in [-0.25, -0.2) is 5.43 Å². The van der Waals surface area contributed by atoms with Crippen LogP contribution in [0.3, 0.4) is 0 Å². The number of hydrogen-bond acceptors (Lipinski definition) is 3. The van der Waals surface area contributed by atoms with Crippen molar-refractivity contribution in [1.82, 2.24) is 5.43 Å². The molecule has 4 nitrogen and oxygen atoms in total. The molecule has 0 atom stereocenters. The fourth-order valence-electron chi connectivity index (χ4n) is 1.80. The normalized spacial score (nSPS) is 10.8. The number of benzene rings is 2. The van der Waals surface area contributed by atoms with Crippen LogP contribution in [0.25, 0.3) is 0 Å². The van der Waals surface area contributed by atoms with E-state index in [-0.39, 0.29) is 12.3 Å². The van der Waals surface area contributed by atoms with Gasteiger partial charge in [-0.05, 0) is 41.5 Å². The first kappa shape index (κ1) is 17.6. The molecular weight excluding hydrogens is 359 g/mol. The highest BCUT2D eigenvalue weighted by Crippen LogP contribution is 2.23. The Hall–Kier alpha value is -1.75. The largest absolute Gasteiger partial charge is 0.497 e. The number of methoxy groups -OCH3 is 1. The second-order valence-electron chi connectivity index (χ2n) is 4.60. The third kappa shape index (κ3) is 5.13. The highest BCUT2D eigenvalue weighted by Gasteiger charge is 2.08. The van der Waals surface area contributed by atoms with Crippen LogP contribution >= 0.6 is 34.8 Å². The maximum atomic E-state index is 11.9. The van der Waals surface area contributed by atoms with Crippen LogP contribution in [-0.2, 0) is 11.2 Å². The van der Waals surface area contributed by atoms with Crippen LogP contribution in [0.15, 0.2) is 41.5 Å². The summed E-state index contributed by atoms with van der Waals surface area (Å²) in [5.74, 6) is 0.341. The molecule has 0 radical (unpaired) electrons. The van der Waals surface area contributed by atoms with E-state index in [4.69, 9.17) is 39.5 Å². The summed E-state index contributed by atoms with van der Waals surface area (Å²) in [6, 6.07) is 10.2. The summed E-state index contributed by atoms with van der Waals surface area (Å²) in [7, 11) is 1.55. The molecule has 0 spiro atoms. The van der Waals surface area contributed by atoms with Gasteiger partial charge < -0.3 is 4.74 Å². The van der Waals surface area contributed by atoms with E-state index in [2.05, 4.69) is 10.5 Å². The molecule has 0 bridgehead atoms. The van der Waals surface area contributed by atoms with Gasteiger partial charge in [0.05, 0.1) is 29.8 Å². The first-order chi connectivity index (χ1) is 11.0. The van der Waals surface area contributed by atoms with Gasteiger partial charge in [0.1, 0.15) is 5.75 Å². The van der Waals surface area contributed by atoms with Gasteiger partial charge in [-0.15, -0.1) is 0 Å². The summed E-state index contributed by atoms with van der Waals surface area (Å²) in [4.78, 5) is 11.9. The standard InChI is InChI=1S/C16H13Cl3N2O2/c1-23-12-3-5-13(17)11(7-12)8-16(22)21-20-9-10-2-4-14(18)15(19)6-10/h2-7,9H,8H2,1H3,(H,21,22)/b20-9+. The topological polar surface area (TPSA) is 50.7 Å². The molecule has 2 aromatic rings. The number of ether oxygens (including phenoxy) is 1. The Morgan fingerprint density at radius 3 is 2.57 bits per heavy atom. The minimum atomic E-state index is -0.295. The number of rotatable bonds is 5. The predicted molar refractivity (Wildman–Crippen MR) is 93.9 cm³/mol. The summed E-state index contributed by atoms with van der Waals surface area (Å²) in [6.07, 6.45) is 1.57. The highest BCUT2D eigenvalue weighted by atomic mass is 35.5. The monoisotopic (exact) mass is 370 g/mol. The lowest BCUT2D eigenvalue weighted by Crippen LogP contribution is -2.20. The number of hydrogen-bond donors (Lipinski definition) is 1. The first-order valence-electron chi connectivity index (χ1n) is 6.59. The van der Waals surface area contributed by atoms with Crippen molar-refractivity contribution in [2.45, 2.75) is 6.42 Å². The number of nitrogens with zero attached hydrogens (tertiary/aromatic N) is 1. The van der Waals surface area contributed by atoms with E-state index < -0.39 is 0 Å². The molecule has 0 saturated heterocycles. The van der Waals surface area contributed by atoms with Crippen molar-refractivity contribution < 1.29 is 9.53 Å². The van der Waals surface area contributed by atoms with Crippen LogP contribution in [0.4, 0.5) is 0 Å². The smallest absolute Gasteiger partial charge is 0.244 e. The van der Waals surface area contributed by atoms with Gasteiger partial charge in [-0.1, -0.05) is 40.9 Å². The molecule has 23 heavy (non-hydrogen) atoms. The van der Waals surface area contributed by atoms with Crippen LogP contribution in [0.5, 0.6) is 5.75 Å². The van der Waals surface area contributed by atoms with E-state index in [9.17, 15) is 4.79 Å². The predicted octanol–water partition coefficient (Wildman–Crippen LogP) is 4.35. The maximum absolute atomic E-state index is 11.9. The molecule has 0 unspecified atom stereocenters. The number of halogens is 3. The Balaban J connectivity index is 1.97. The number of carbonyl (C=O) groups is 1. The molecule has 2 rings (SSSR count). The lowest BCUT2D eigenvalue weighted by Gasteiger charge is -2.06. The molecule has 0 aliphatic heterocycles. The van der Waals surface area contributed by atoms with Gasteiger partial charge in [0.2, 0.25) is 5.91 Å². The summed E-state index contributed by atoms with van der Waals surface area (Å²) >= 11 is 17.8. The van der Waals surface area contributed by atoms with E-state index in [0.29, 0.717) is 26.4 Å². The van der Waals surface area contributed by atoms with Gasteiger partial charge in [-0.3, -0.25) is 4.79 Å². The van der Waals surface area contributed by atoms with Crippen molar-refractivity contribution in [2.24, 2.45) is 5.10 Å². The average Bonchev–Trinajstić information content (AvgIpc) is 2.53. The van der Waals surface area contributed by atoms with E-state index in [1.54, 1.807) is 43.5 Å². The number of amides is 1. The molecule has 1 N–H and O–H groups in total. The van der Waals surface area contributed by atoms with Crippen molar-refractivity contribution >= 4 is 46.9 Å². The fraction of sp³-hybridized carbons (Fsp3) is 0.125. The quantitative estimate of drug-likeness (QED) is 0.627. The van der Waals surface area contributed by atoms with Crippen molar-refractivity contribution in [3.63, 3.8) is 0 Å². The maximum Gasteiger partial charge on any atom is 0.244 e. The molecule has 1 amide bonds. The number of carbonyl (C=O) groups excluding carboxylic acids is 1. The van der Waals surface area contributed by atoms with Crippen LogP contribution in [-0.4, -0.2) is 19.2 Å². The van der Waals surface area contributed by atoms with Gasteiger partial charge >= 0.3 is 0 Å². The zero-order valence-corrected chi connectivity index (χ0v) is 14.4. The second kappa shape index (κ2) is 8.20. The van der Waals surface area contributed by atoms with Crippen LogP contribution < -0.4 is 10.2 Å². The summed E-state index contributed by atoms with van der Waals surface area (Å²) in [5, 5.41) is 5.26. The Morgan fingerprint density at radius 2 is 1.87 bits per heavy atom. The van der Waals surface area contributed by atoms with Gasteiger partial charge in [0, 0.05) is 5.02 Å². The van der Waals surface area contributed by atoms with Crippen LogP contribution in [0.1, 0.15) is 11.1 Å². The van der Waals surface area contributed by atoms with Gasteiger partial charge in [0.15, 0.2) is 0 Å². The van der Waals surface area contributed by atoms with E-state index in [1.165, 1.54) is 6.21 Å². The molecule has 0 aliphatic carbocycles. The van der Waals surface area contributed by atoms with E-state index in [1.807, 2.05) is 0 Å². The molecule has 0 fully saturated rings. The van der Waals surface area contributed by atoms with E-state index in [0.717, 1.165) is 5.56 Å². The summed E-state index contributed by atoms with van der Waals surface area (Å²) in [6.45, 7) is 0. The lowest BCUT2D eigenvalue weighted by atomic mass is 10.1. The zero-order chi connectivity index (χ0) is 16.8. The van der Waals surface area contributed by atoms with E-state index >= 15 is 0 Å². The summed E-state index contributed by atoms with van der Waals surface area (Å²) < 4.78 is 5.11. The molecule has 0 saturated carbocycles. The minimum absolute atomic E-state index is 0.0920. The third-order valence-electron chi connectivity index (χ3n) is 2.95. The van der Waals surface area contributed by atoms with Gasteiger partial charge in [-0.2, -0.15) is 5.10 Å². The molecule has 0 aromatic heterocycles. The molecular formula is C16H13Cl3N2O2. The third-order valence-corrected chi connectivity index (χ3v) is 4.06. The minimum Gasteiger partial charge on any atom is -0.497 e. The first-order valence-corrected chi connectivity index (χ1v) is 7.72. The SMILES string of the molecule is COc1ccc(Cl)c(CC(=O)N/N=C/c2ccc(Cl)c(Cl)c2)c1. The Kier molecular flexibility index (Phi) is 6.28. The Morgan fingerprint density at radius 1 is 1.13 bits per heavy atom. The van der Waals surface area contributed by atoms with Crippen LogP contribution in [0.2, 0.25) is 15.1 Å². The van der Waals surface area contributed by atoms with Crippen molar-refractivity contribution in [3.8, 4) is 5.75 Å². The van der Waals surface area contributed by atoms with Crippen molar-refractivity contribution in [2.75, 3.05) is 7.11 Å². The zero-order valence-electron chi connectivity index (χ0n) is 12.1. The Bertz CT molecular complexity index is 748. The van der Waals surface area contributed by atoms with Crippen molar-refractivity contribution in [1.29, 1.82) is 0 Å². The highest BCUT2D eigenvalue weighted by molar-refractivity contribution is 6.42. The van der Waals surface area contributed by atoms with Crippen molar-refractivity contribution in [3.05, 3.63) is 62.6 Å². The number of hydrazone groups is 1. The molecule has 120 valence electrons. The molecule has 0 heterocycles. The number of nitrogens with one attached hydrogen (secondary N) is 1. The molecule has 2 aromatic carbocycles.